The SMILES string of the molecule is CCc1ccc(C(C)CCc2ccc(S(=O)(=O)O)cc2)cc1.COc1ccc2c(c1)C13CCCCC1C(C2)N(C)CC3. The van der Waals surface area contributed by atoms with E-state index in [1.54, 1.807) is 30.4 Å². The molecule has 0 radical (unpaired) electrons. The Bertz CT molecular complexity index is 1450. The number of piperidine rings is 1. The third-order valence-corrected chi connectivity index (χ3v) is 11.2. The van der Waals surface area contributed by atoms with E-state index in [1.165, 1.54) is 68.3 Å². The third-order valence-electron chi connectivity index (χ3n) is 10.4. The first-order valence-electron chi connectivity index (χ1n) is 15.7. The van der Waals surface area contributed by atoms with Crippen LogP contribution in [-0.4, -0.2) is 44.6 Å². The second-order valence-corrected chi connectivity index (χ2v) is 14.1. The van der Waals surface area contributed by atoms with Crippen LogP contribution < -0.4 is 4.74 Å². The summed E-state index contributed by atoms with van der Waals surface area (Å²) in [5, 5.41) is 0. The van der Waals surface area contributed by atoms with Crippen molar-refractivity contribution in [3.05, 3.63) is 94.5 Å². The summed E-state index contributed by atoms with van der Waals surface area (Å²) < 4.78 is 36.5. The molecule has 3 aromatic rings. The van der Waals surface area contributed by atoms with Gasteiger partial charge in [0, 0.05) is 11.5 Å². The van der Waals surface area contributed by atoms with E-state index in [4.69, 9.17) is 9.29 Å². The number of rotatable bonds is 7. The van der Waals surface area contributed by atoms with E-state index < -0.39 is 10.1 Å². The smallest absolute Gasteiger partial charge is 0.294 e. The largest absolute Gasteiger partial charge is 0.497 e. The molecule has 0 aromatic heterocycles. The predicted octanol–water partition coefficient (Wildman–Crippen LogP) is 7.62. The van der Waals surface area contributed by atoms with Crippen LogP contribution in [0.2, 0.25) is 0 Å². The second-order valence-electron chi connectivity index (χ2n) is 12.7. The van der Waals surface area contributed by atoms with Gasteiger partial charge in [-0.25, -0.2) is 0 Å². The van der Waals surface area contributed by atoms with Crippen molar-refractivity contribution in [3.63, 3.8) is 0 Å². The van der Waals surface area contributed by atoms with Crippen molar-refractivity contribution in [1.82, 2.24) is 4.90 Å². The number of hydrogen-bond acceptors (Lipinski definition) is 4. The molecule has 2 aliphatic carbocycles. The summed E-state index contributed by atoms with van der Waals surface area (Å²) in [6, 6.07) is 22.7. The van der Waals surface area contributed by atoms with Crippen LogP contribution in [0.15, 0.2) is 71.6 Å². The highest BCUT2D eigenvalue weighted by molar-refractivity contribution is 7.85. The minimum Gasteiger partial charge on any atom is -0.497 e. The summed E-state index contributed by atoms with van der Waals surface area (Å²) in [5.41, 5.74) is 7.41. The van der Waals surface area contributed by atoms with Gasteiger partial charge in [0.1, 0.15) is 5.75 Å². The Kier molecular flexibility index (Phi) is 9.46. The van der Waals surface area contributed by atoms with Gasteiger partial charge in [0.25, 0.3) is 10.1 Å². The van der Waals surface area contributed by atoms with E-state index in [9.17, 15) is 8.42 Å². The molecule has 3 aliphatic rings. The zero-order valence-corrected chi connectivity index (χ0v) is 26.5. The van der Waals surface area contributed by atoms with E-state index in [1.807, 2.05) is 0 Å². The van der Waals surface area contributed by atoms with E-state index >= 15 is 0 Å². The molecule has 0 spiro atoms. The highest BCUT2D eigenvalue weighted by atomic mass is 32.2. The van der Waals surface area contributed by atoms with Gasteiger partial charge < -0.3 is 9.64 Å². The van der Waals surface area contributed by atoms with Crippen LogP contribution in [0.4, 0.5) is 0 Å². The van der Waals surface area contributed by atoms with Crippen molar-refractivity contribution in [2.45, 2.75) is 93.9 Å². The number of methoxy groups -OCH3 is 1. The van der Waals surface area contributed by atoms with Crippen LogP contribution in [0.5, 0.6) is 5.75 Å². The number of hydrogen-bond donors (Lipinski definition) is 1. The van der Waals surface area contributed by atoms with E-state index in [0.29, 0.717) is 11.3 Å². The van der Waals surface area contributed by atoms with Gasteiger partial charge in [0.05, 0.1) is 12.0 Å². The number of ether oxygens (including phenoxy) is 1. The molecule has 4 unspecified atom stereocenters. The van der Waals surface area contributed by atoms with Gasteiger partial charge >= 0.3 is 0 Å². The van der Waals surface area contributed by atoms with Gasteiger partial charge in [-0.05, 0) is 122 Å². The first-order valence-corrected chi connectivity index (χ1v) is 17.1. The molecule has 226 valence electrons. The third kappa shape index (κ3) is 6.46. The molecule has 0 amide bonds. The minimum atomic E-state index is -4.10. The number of benzene rings is 3. The number of aryl methyl sites for hydroxylation is 2. The molecule has 3 aromatic carbocycles. The Morgan fingerprint density at radius 1 is 1.00 bits per heavy atom. The van der Waals surface area contributed by atoms with Crippen molar-refractivity contribution in [2.24, 2.45) is 5.92 Å². The monoisotopic (exact) mass is 589 g/mol. The Labute approximate surface area is 253 Å². The number of likely N-dealkylation sites (N-methyl/N-ethyl adjacent to an activating group) is 1. The van der Waals surface area contributed by atoms with Crippen molar-refractivity contribution in [3.8, 4) is 5.75 Å². The Morgan fingerprint density at radius 3 is 2.38 bits per heavy atom. The summed E-state index contributed by atoms with van der Waals surface area (Å²) in [6.45, 7) is 5.61. The summed E-state index contributed by atoms with van der Waals surface area (Å²) in [6.07, 6.45) is 11.1. The van der Waals surface area contributed by atoms with Crippen LogP contribution >= 0.6 is 0 Å². The van der Waals surface area contributed by atoms with Crippen LogP contribution in [0, 0.1) is 5.92 Å². The fourth-order valence-electron chi connectivity index (χ4n) is 7.76. The lowest BCUT2D eigenvalue weighted by atomic mass is 9.52. The fourth-order valence-corrected chi connectivity index (χ4v) is 8.24. The van der Waals surface area contributed by atoms with E-state index in [0.717, 1.165) is 42.5 Å². The highest BCUT2D eigenvalue weighted by Gasteiger charge is 2.53. The summed E-state index contributed by atoms with van der Waals surface area (Å²) in [5.74, 6) is 2.36. The predicted molar refractivity (Wildman–Crippen MR) is 170 cm³/mol. The Hall–Kier alpha value is -2.67. The average molecular weight is 590 g/mol. The van der Waals surface area contributed by atoms with Gasteiger partial charge in [-0.1, -0.05) is 69.2 Å². The molecule has 2 fully saturated rings. The summed E-state index contributed by atoms with van der Waals surface area (Å²) in [4.78, 5) is 2.57. The quantitative estimate of drug-likeness (QED) is 0.287. The van der Waals surface area contributed by atoms with Crippen LogP contribution in [0.3, 0.4) is 0 Å². The molecule has 42 heavy (non-hydrogen) atoms. The molecule has 1 aliphatic heterocycles. The maximum Gasteiger partial charge on any atom is 0.294 e. The molecule has 1 N–H and O–H groups in total. The Morgan fingerprint density at radius 2 is 1.71 bits per heavy atom. The van der Waals surface area contributed by atoms with Crippen molar-refractivity contribution >= 4 is 10.1 Å². The van der Waals surface area contributed by atoms with E-state index in [-0.39, 0.29) is 4.90 Å². The standard InChI is InChI=1S/C18H25NO.C18H22O3S/c1-19-10-9-18-8-4-3-5-15(18)17(19)11-13-6-7-14(20-2)12-16(13)18;1-3-15-6-10-17(11-7-15)14(2)4-5-16-8-12-18(13-9-16)22(19,20)21/h6-7,12,15,17H,3-5,8-11H2,1-2H3;6-14H,3-5H2,1-2H3,(H,19,20,21). The van der Waals surface area contributed by atoms with Gasteiger partial charge in [0.15, 0.2) is 0 Å². The molecular formula is C36H47NO4S. The molecule has 4 atom stereocenters. The lowest BCUT2D eigenvalue weighted by molar-refractivity contribution is 0.00274. The topological polar surface area (TPSA) is 66.8 Å². The Balaban J connectivity index is 0.000000168. The number of nitrogens with zero attached hydrogens (tertiary/aromatic N) is 1. The molecule has 2 bridgehead atoms. The highest BCUT2D eigenvalue weighted by Crippen LogP contribution is 2.55. The average Bonchev–Trinajstić information content (AvgIpc) is 3.01. The number of likely N-dealkylation sites (tertiary alicyclic amines) is 1. The molecule has 1 saturated carbocycles. The van der Waals surface area contributed by atoms with Crippen LogP contribution in [0.25, 0.3) is 0 Å². The van der Waals surface area contributed by atoms with Crippen LogP contribution in [0.1, 0.15) is 86.1 Å². The summed E-state index contributed by atoms with van der Waals surface area (Å²) in [7, 11) is 0.0203. The zero-order chi connectivity index (χ0) is 29.9. The van der Waals surface area contributed by atoms with E-state index in [2.05, 4.69) is 68.3 Å². The first-order chi connectivity index (χ1) is 20.1. The second kappa shape index (κ2) is 12.9. The lowest BCUT2D eigenvalue weighted by Crippen LogP contribution is -2.59. The molecule has 6 rings (SSSR count). The fraction of sp³-hybridized carbons (Fsp3) is 0.500. The normalized spacial score (nSPS) is 24.0. The van der Waals surface area contributed by atoms with Gasteiger partial charge in [0.2, 0.25) is 0 Å². The van der Waals surface area contributed by atoms with Gasteiger partial charge in [-0.2, -0.15) is 8.42 Å². The zero-order valence-electron chi connectivity index (χ0n) is 25.7. The van der Waals surface area contributed by atoms with Crippen molar-refractivity contribution < 1.29 is 17.7 Å². The van der Waals surface area contributed by atoms with Gasteiger partial charge in [-0.3, -0.25) is 4.55 Å². The molecule has 6 heteroatoms. The maximum atomic E-state index is 11.0. The lowest BCUT2D eigenvalue weighted by Gasteiger charge is -2.58. The van der Waals surface area contributed by atoms with Crippen molar-refractivity contribution in [1.29, 1.82) is 0 Å². The molecule has 5 nitrogen and oxygen atoms in total. The van der Waals surface area contributed by atoms with Crippen LogP contribution in [-0.2, 0) is 34.8 Å². The van der Waals surface area contributed by atoms with Gasteiger partial charge in [-0.15, -0.1) is 0 Å². The molecule has 1 heterocycles. The summed E-state index contributed by atoms with van der Waals surface area (Å²) >= 11 is 0. The maximum absolute atomic E-state index is 11.0. The van der Waals surface area contributed by atoms with Crippen molar-refractivity contribution in [2.75, 3.05) is 20.7 Å². The molecule has 1 saturated heterocycles. The number of fused-ring (bicyclic) bond motifs is 1. The minimum absolute atomic E-state index is 0.0561. The molecular weight excluding hydrogens is 542 g/mol. The first kappa shape index (κ1) is 30.8.